The first-order chi connectivity index (χ1) is 15.0. The molecule has 0 saturated heterocycles. The molecule has 31 heavy (non-hydrogen) atoms. The second kappa shape index (κ2) is 7.69. The molecule has 0 spiro atoms. The maximum absolute atomic E-state index is 13.2. The van der Waals surface area contributed by atoms with Crippen molar-refractivity contribution in [2.24, 2.45) is 10.9 Å². The molecular weight excluding hydrogens is 387 g/mol. The first kappa shape index (κ1) is 19.6. The standard InChI is InChI=1S/C27H23FN2O/c1-16(9-18-3-5-23(28)6-4-18)24-12-21-13-25-22(11-20(21)14-26(24)31)15-30-27(25)19-7-8-29-17(2)10-19/h3-8,10-13,16H,9,14-15H2,1-2H3. The van der Waals surface area contributed by atoms with Gasteiger partial charge in [-0.25, -0.2) is 4.39 Å². The largest absolute Gasteiger partial charge is 0.294 e. The Morgan fingerprint density at radius 1 is 1.06 bits per heavy atom. The Morgan fingerprint density at radius 2 is 1.87 bits per heavy atom. The Bertz CT molecular complexity index is 1250. The van der Waals surface area contributed by atoms with Gasteiger partial charge in [0.05, 0.1) is 12.3 Å². The van der Waals surface area contributed by atoms with Gasteiger partial charge in [0.15, 0.2) is 5.78 Å². The summed E-state index contributed by atoms with van der Waals surface area (Å²) in [6.07, 6.45) is 4.99. The summed E-state index contributed by atoms with van der Waals surface area (Å²) in [4.78, 5) is 22.0. The number of aliphatic imine (C=N–C) groups is 1. The zero-order chi connectivity index (χ0) is 21.5. The molecule has 154 valence electrons. The minimum absolute atomic E-state index is 0.0651. The van der Waals surface area contributed by atoms with Crippen molar-refractivity contribution in [3.8, 4) is 0 Å². The van der Waals surface area contributed by atoms with Crippen molar-refractivity contribution in [2.75, 3.05) is 0 Å². The number of halogens is 1. The molecular formula is C27H23FN2O. The lowest BCUT2D eigenvalue weighted by Crippen LogP contribution is -2.19. The number of benzene rings is 2. The van der Waals surface area contributed by atoms with Crippen molar-refractivity contribution in [1.82, 2.24) is 4.98 Å². The Kier molecular flexibility index (Phi) is 4.85. The number of hydrogen-bond donors (Lipinski definition) is 0. The molecule has 3 nitrogen and oxygen atoms in total. The molecule has 2 heterocycles. The van der Waals surface area contributed by atoms with Gasteiger partial charge in [0.2, 0.25) is 0 Å². The third-order valence-corrected chi connectivity index (χ3v) is 6.17. The first-order valence-corrected chi connectivity index (χ1v) is 10.6. The van der Waals surface area contributed by atoms with E-state index >= 15 is 0 Å². The summed E-state index contributed by atoms with van der Waals surface area (Å²) >= 11 is 0. The SMILES string of the molecule is Cc1cc(C2=NCc3cc4c(cc32)C=C(C(C)Cc2ccc(F)cc2)C(=O)C4)ccn1. The third-order valence-electron chi connectivity index (χ3n) is 6.17. The molecule has 4 heteroatoms. The van der Waals surface area contributed by atoms with Gasteiger partial charge in [0, 0.05) is 29.4 Å². The van der Waals surface area contributed by atoms with Crippen LogP contribution in [0, 0.1) is 18.7 Å². The maximum Gasteiger partial charge on any atom is 0.163 e. The van der Waals surface area contributed by atoms with E-state index in [-0.39, 0.29) is 17.5 Å². The predicted molar refractivity (Wildman–Crippen MR) is 121 cm³/mol. The van der Waals surface area contributed by atoms with Crippen LogP contribution in [0.4, 0.5) is 4.39 Å². The highest BCUT2D eigenvalue weighted by Crippen LogP contribution is 2.33. The Morgan fingerprint density at radius 3 is 2.65 bits per heavy atom. The van der Waals surface area contributed by atoms with Crippen LogP contribution in [0.5, 0.6) is 0 Å². The van der Waals surface area contributed by atoms with Gasteiger partial charge in [-0.1, -0.05) is 25.1 Å². The smallest absolute Gasteiger partial charge is 0.163 e. The fraction of sp³-hybridized carbons (Fsp3) is 0.222. The highest BCUT2D eigenvalue weighted by atomic mass is 19.1. The van der Waals surface area contributed by atoms with Crippen LogP contribution in [0.3, 0.4) is 0 Å². The van der Waals surface area contributed by atoms with Crippen LogP contribution in [0.25, 0.3) is 6.08 Å². The molecule has 5 rings (SSSR count). The Balaban J connectivity index is 1.48. The number of pyridine rings is 1. The lowest BCUT2D eigenvalue weighted by molar-refractivity contribution is -0.115. The maximum atomic E-state index is 13.2. The van der Waals surface area contributed by atoms with Crippen LogP contribution in [-0.2, 0) is 24.2 Å². The molecule has 1 aromatic heterocycles. The van der Waals surface area contributed by atoms with E-state index in [9.17, 15) is 9.18 Å². The number of allylic oxidation sites excluding steroid dienone is 1. The monoisotopic (exact) mass is 410 g/mol. The van der Waals surface area contributed by atoms with Gasteiger partial charge in [0.1, 0.15) is 5.82 Å². The normalized spacial score (nSPS) is 15.8. The first-order valence-electron chi connectivity index (χ1n) is 10.6. The highest BCUT2D eigenvalue weighted by Gasteiger charge is 2.26. The fourth-order valence-electron chi connectivity index (χ4n) is 4.56. The van der Waals surface area contributed by atoms with Gasteiger partial charge in [-0.05, 0) is 83.5 Å². The van der Waals surface area contributed by atoms with Gasteiger partial charge in [-0.2, -0.15) is 0 Å². The number of aryl methyl sites for hydroxylation is 1. The number of carbonyl (C=O) groups excluding carboxylic acids is 1. The summed E-state index contributed by atoms with van der Waals surface area (Å²) in [7, 11) is 0. The van der Waals surface area contributed by atoms with Gasteiger partial charge >= 0.3 is 0 Å². The van der Waals surface area contributed by atoms with Gasteiger partial charge in [-0.3, -0.25) is 14.8 Å². The lowest BCUT2D eigenvalue weighted by atomic mass is 9.81. The molecule has 1 aliphatic carbocycles. The van der Waals surface area contributed by atoms with E-state index in [2.05, 4.69) is 30.1 Å². The molecule has 2 aliphatic rings. The lowest BCUT2D eigenvalue weighted by Gasteiger charge is -2.22. The topological polar surface area (TPSA) is 42.3 Å². The van der Waals surface area contributed by atoms with Crippen LogP contribution in [0.15, 0.2) is 65.3 Å². The number of rotatable bonds is 4. The average molecular weight is 410 g/mol. The number of hydrogen-bond acceptors (Lipinski definition) is 3. The van der Waals surface area contributed by atoms with Crippen LogP contribution in [0.1, 0.15) is 46.0 Å². The molecule has 0 fully saturated rings. The van der Waals surface area contributed by atoms with Crippen molar-refractivity contribution in [3.05, 3.63) is 105 Å². The summed E-state index contributed by atoms with van der Waals surface area (Å²) in [6.45, 7) is 4.69. The Labute approximate surface area is 181 Å². The summed E-state index contributed by atoms with van der Waals surface area (Å²) < 4.78 is 13.2. The molecule has 0 amide bonds. The molecule has 0 radical (unpaired) electrons. The van der Waals surface area contributed by atoms with Gasteiger partial charge in [0.25, 0.3) is 0 Å². The van der Waals surface area contributed by atoms with Crippen molar-refractivity contribution in [1.29, 1.82) is 0 Å². The predicted octanol–water partition coefficient (Wildman–Crippen LogP) is 5.27. The van der Waals surface area contributed by atoms with E-state index in [1.807, 2.05) is 25.3 Å². The van der Waals surface area contributed by atoms with E-state index in [4.69, 9.17) is 4.99 Å². The van der Waals surface area contributed by atoms with E-state index in [1.165, 1.54) is 17.7 Å². The van der Waals surface area contributed by atoms with Crippen LogP contribution < -0.4 is 0 Å². The molecule has 2 aromatic carbocycles. The third kappa shape index (κ3) is 3.74. The van der Waals surface area contributed by atoms with E-state index < -0.39 is 0 Å². The van der Waals surface area contributed by atoms with Crippen LogP contribution in [0.2, 0.25) is 0 Å². The fourth-order valence-corrected chi connectivity index (χ4v) is 4.56. The number of nitrogens with zero attached hydrogens (tertiary/aromatic N) is 2. The zero-order valence-corrected chi connectivity index (χ0v) is 17.7. The zero-order valence-electron chi connectivity index (χ0n) is 17.7. The molecule has 0 saturated carbocycles. The second-order valence-corrected chi connectivity index (χ2v) is 8.49. The minimum Gasteiger partial charge on any atom is -0.294 e. The number of fused-ring (bicyclic) bond motifs is 2. The van der Waals surface area contributed by atoms with Crippen molar-refractivity contribution < 1.29 is 9.18 Å². The molecule has 0 N–H and O–H groups in total. The molecule has 1 unspecified atom stereocenters. The van der Waals surface area contributed by atoms with Gasteiger partial charge in [-0.15, -0.1) is 0 Å². The minimum atomic E-state index is -0.242. The number of Topliss-reactive ketones (excluding diaryl/α,β-unsaturated/α-hetero) is 1. The number of ketones is 1. The average Bonchev–Trinajstić information content (AvgIpc) is 3.16. The Hall–Kier alpha value is -3.40. The highest BCUT2D eigenvalue weighted by molar-refractivity contribution is 6.16. The van der Waals surface area contributed by atoms with E-state index in [0.29, 0.717) is 19.4 Å². The van der Waals surface area contributed by atoms with Crippen LogP contribution in [-0.4, -0.2) is 16.5 Å². The van der Waals surface area contributed by atoms with Gasteiger partial charge < -0.3 is 0 Å². The van der Waals surface area contributed by atoms with Crippen molar-refractivity contribution >= 4 is 17.6 Å². The second-order valence-electron chi connectivity index (χ2n) is 8.49. The summed E-state index contributed by atoms with van der Waals surface area (Å²) in [5.41, 5.74) is 9.39. The quantitative estimate of drug-likeness (QED) is 0.588. The number of aromatic nitrogens is 1. The summed E-state index contributed by atoms with van der Waals surface area (Å²) in [5.74, 6) is -0.00434. The summed E-state index contributed by atoms with van der Waals surface area (Å²) in [6, 6.07) is 14.9. The molecule has 1 aliphatic heterocycles. The van der Waals surface area contributed by atoms with E-state index in [0.717, 1.165) is 44.8 Å². The number of carbonyl (C=O) groups is 1. The molecule has 0 bridgehead atoms. The van der Waals surface area contributed by atoms with Crippen LogP contribution >= 0.6 is 0 Å². The summed E-state index contributed by atoms with van der Waals surface area (Å²) in [5, 5.41) is 0. The van der Waals surface area contributed by atoms with E-state index in [1.54, 1.807) is 12.1 Å². The van der Waals surface area contributed by atoms with Crippen molar-refractivity contribution in [2.45, 2.75) is 33.2 Å². The van der Waals surface area contributed by atoms with Crippen molar-refractivity contribution in [3.63, 3.8) is 0 Å². The molecule has 3 aromatic rings. The molecule has 1 atom stereocenters.